The van der Waals surface area contributed by atoms with Gasteiger partial charge in [0.1, 0.15) is 27.8 Å². The van der Waals surface area contributed by atoms with Crippen LogP contribution in [0.15, 0.2) is 146 Å². The maximum Gasteiger partial charge on any atom is 0.415 e. The molecule has 0 saturated carbocycles. The molecule has 0 aliphatic rings. The van der Waals surface area contributed by atoms with Crippen molar-refractivity contribution >= 4 is 108 Å². The smallest absolute Gasteiger partial charge is 0.415 e. The molecule has 9 aromatic rings. The second kappa shape index (κ2) is 28.0. The summed E-state index contributed by atoms with van der Waals surface area (Å²) in [6.45, 7) is 20.3. The Hall–Kier alpha value is -8.92. The maximum absolute atomic E-state index is 12.6. The molecule has 424 valence electrons. The summed E-state index contributed by atoms with van der Waals surface area (Å²) in [6, 6.07) is 40.9. The van der Waals surface area contributed by atoms with Gasteiger partial charge in [-0.05, 0) is 184 Å². The van der Waals surface area contributed by atoms with Gasteiger partial charge < -0.3 is 30.7 Å². The number of anilines is 9. The number of hydrogen-bond donors (Lipinski definition) is 5. The lowest BCUT2D eigenvalue weighted by Crippen LogP contribution is -2.39. The highest BCUT2D eigenvalue weighted by atomic mass is 32.1. The van der Waals surface area contributed by atoms with Gasteiger partial charge in [-0.2, -0.15) is 0 Å². The van der Waals surface area contributed by atoms with Gasteiger partial charge in [0, 0.05) is 35.7 Å². The topological polar surface area (TPSA) is 227 Å². The van der Waals surface area contributed by atoms with Crippen molar-refractivity contribution < 1.29 is 28.7 Å². The number of nitrogens with zero attached hydrogens (tertiary/aromatic N) is 7. The lowest BCUT2D eigenvalue weighted by atomic mass is 10.2. The van der Waals surface area contributed by atoms with Crippen LogP contribution in [0.2, 0.25) is 0 Å². The van der Waals surface area contributed by atoms with Gasteiger partial charge in [-0.1, -0.05) is 36.4 Å². The van der Waals surface area contributed by atoms with E-state index in [4.69, 9.17) is 9.47 Å². The molecule has 3 aromatic carbocycles. The highest BCUT2D eigenvalue weighted by molar-refractivity contribution is 7.20. The van der Waals surface area contributed by atoms with Crippen molar-refractivity contribution in [3.63, 3.8) is 0 Å². The zero-order chi connectivity index (χ0) is 59.0. The highest BCUT2D eigenvalue weighted by Gasteiger charge is 2.26. The third-order valence-electron chi connectivity index (χ3n) is 10.7. The van der Waals surface area contributed by atoms with E-state index in [0.29, 0.717) is 40.1 Å². The van der Waals surface area contributed by atoms with Crippen molar-refractivity contribution in [3.05, 3.63) is 163 Å². The number of ether oxygens (including phenoxy) is 2. The molecule has 6 aromatic heterocycles. The van der Waals surface area contributed by atoms with Crippen molar-refractivity contribution in [2.24, 2.45) is 0 Å². The van der Waals surface area contributed by atoms with Crippen LogP contribution in [-0.4, -0.2) is 77.9 Å². The van der Waals surface area contributed by atoms with Crippen LogP contribution in [0.4, 0.5) is 59.5 Å². The quantitative estimate of drug-likeness (QED) is 0.0606. The third-order valence-corrected chi connectivity index (χ3v) is 14.0. The van der Waals surface area contributed by atoms with E-state index < -0.39 is 23.4 Å². The van der Waals surface area contributed by atoms with Crippen molar-refractivity contribution in [2.75, 3.05) is 44.6 Å². The summed E-state index contributed by atoms with van der Waals surface area (Å²) >= 11 is 4.35. The molecule has 0 unspecified atom stereocenters. The first-order valence-electron chi connectivity index (χ1n) is 26.0. The molecule has 6 heterocycles. The Morgan fingerprint density at radius 1 is 0.500 bits per heavy atom. The maximum atomic E-state index is 12.6. The van der Waals surface area contributed by atoms with Gasteiger partial charge in [0.2, 0.25) is 17.8 Å². The molecule has 0 spiro atoms. The Morgan fingerprint density at radius 3 is 1.33 bits per heavy atom. The summed E-state index contributed by atoms with van der Waals surface area (Å²) < 4.78 is 10.7. The minimum Gasteiger partial charge on any atom is -0.444 e. The average Bonchev–Trinajstić information content (AvgIpc) is 4.29. The molecule has 2 amide bonds. The Morgan fingerprint density at radius 2 is 0.915 bits per heavy atom. The first-order chi connectivity index (χ1) is 39.0. The predicted octanol–water partition coefficient (Wildman–Crippen LogP) is 15.4. The van der Waals surface area contributed by atoms with E-state index in [9.17, 15) is 19.2 Å². The summed E-state index contributed by atoms with van der Waals surface area (Å²) in [5.74, 6) is 1.53. The molecule has 0 atom stereocenters. The van der Waals surface area contributed by atoms with Crippen LogP contribution in [0.25, 0.3) is 31.7 Å². The van der Waals surface area contributed by atoms with Crippen molar-refractivity contribution in [2.45, 2.75) is 87.4 Å². The fraction of sp³-hybridized carbons (Fsp3) is 0.246. The van der Waals surface area contributed by atoms with E-state index in [0.717, 1.165) is 59.2 Å². The lowest BCUT2D eigenvalue weighted by molar-refractivity contribution is -0.116. The molecule has 0 radical (unpaired) electrons. The number of aryl methyl sites for hydroxylation is 3. The molecule has 0 fully saturated rings. The number of carbonyl (C=O) groups is 4. The number of amides is 2. The molecule has 21 heteroatoms. The summed E-state index contributed by atoms with van der Waals surface area (Å²) in [4.78, 5) is 78.1. The number of nitrogens with one attached hydrogen (secondary N) is 5. The minimum absolute atomic E-state index is 0.0567. The molecule has 9 rings (SSSR count). The Labute approximate surface area is 489 Å². The summed E-state index contributed by atoms with van der Waals surface area (Å²) in [7, 11) is 0. The van der Waals surface area contributed by atoms with Crippen LogP contribution in [-0.2, 0) is 19.1 Å². The number of rotatable bonds is 16. The minimum atomic E-state index is -0.658. The number of aromatic nitrogens is 6. The summed E-state index contributed by atoms with van der Waals surface area (Å²) in [5.41, 5.74) is 7.42. The fourth-order valence-corrected chi connectivity index (χ4v) is 10.0. The average molecular weight is 1160 g/mol. The van der Waals surface area contributed by atoms with Crippen molar-refractivity contribution in [1.29, 1.82) is 0 Å². The predicted molar refractivity (Wildman–Crippen MR) is 333 cm³/mol. The largest absolute Gasteiger partial charge is 0.444 e. The van der Waals surface area contributed by atoms with E-state index in [1.165, 1.54) is 40.1 Å². The van der Waals surface area contributed by atoms with E-state index in [-0.39, 0.29) is 18.1 Å². The van der Waals surface area contributed by atoms with E-state index in [1.807, 2.05) is 157 Å². The zero-order valence-electron chi connectivity index (χ0n) is 47.6. The number of thiophene rings is 3. The molecule has 0 bridgehead atoms. The number of ketones is 2. The first-order valence-corrected chi connectivity index (χ1v) is 28.5. The SMILES string of the molecule is CC(=O)CN(C(=O)OC(C)(C)C)c1ccc(-c2ccnc(Nc3cccc(C)c3)n2)s1.CC(=O)CNc1ccc(-c2ccnc(Nc3cccc(C)c3)n2)s1.Cc1cccc(Nc2nccc(-c3ccc(NC(=O)OC(C)(C)C)s3)n2)c1. The summed E-state index contributed by atoms with van der Waals surface area (Å²) in [6.07, 6.45) is 4.10. The van der Waals surface area contributed by atoms with E-state index >= 15 is 0 Å². The number of hydrogen-bond acceptors (Lipinski definition) is 19. The lowest BCUT2D eigenvalue weighted by Gasteiger charge is -2.25. The van der Waals surface area contributed by atoms with Gasteiger partial charge in [-0.3, -0.25) is 19.8 Å². The van der Waals surface area contributed by atoms with Gasteiger partial charge in [-0.15, -0.1) is 34.0 Å². The zero-order valence-corrected chi connectivity index (χ0v) is 50.0. The molecule has 0 saturated heterocycles. The summed E-state index contributed by atoms with van der Waals surface area (Å²) in [5, 5.41) is 17.8. The normalized spacial score (nSPS) is 10.9. The Kier molecular flexibility index (Phi) is 20.7. The van der Waals surface area contributed by atoms with Gasteiger partial charge >= 0.3 is 12.2 Å². The molecular formula is C61H66N12O6S3. The van der Waals surface area contributed by atoms with Crippen LogP contribution in [0.1, 0.15) is 72.1 Å². The van der Waals surface area contributed by atoms with Crippen molar-refractivity contribution in [3.8, 4) is 31.7 Å². The standard InChI is InChI=1S/C23H26N4O3S.C20H22N4O2S.C18H18N4OS/c1-15-7-6-8-17(13-15)25-21-24-12-11-18(26-21)19-9-10-20(31-19)27(14-16(2)28)22(29)30-23(3,4)5;1-13-6-5-7-14(12-13)22-18-21-11-10-15(23-18)16-8-9-17(27-16)24-19(25)26-20(2,3)4;1-12-4-3-5-14(10-12)21-18-19-9-8-15(22-18)16-6-7-17(24-16)20-11-13(2)23/h6-13H,14H2,1-5H3,(H,24,25,26);5-12H,1-4H3,(H,24,25)(H,21,22,23);3-10,20H,11H2,1-2H3,(H,19,21,22). The second-order valence-corrected chi connectivity index (χ2v) is 23.9. The van der Waals surface area contributed by atoms with Crippen LogP contribution < -0.4 is 31.5 Å². The van der Waals surface area contributed by atoms with Gasteiger partial charge in [0.25, 0.3) is 0 Å². The van der Waals surface area contributed by atoms with Gasteiger partial charge in [-0.25, -0.2) is 39.5 Å². The van der Waals surface area contributed by atoms with Crippen LogP contribution in [0.5, 0.6) is 0 Å². The Balaban J connectivity index is 0.000000178. The van der Waals surface area contributed by atoms with Crippen LogP contribution in [0.3, 0.4) is 0 Å². The van der Waals surface area contributed by atoms with E-state index in [1.54, 1.807) is 69.8 Å². The van der Waals surface area contributed by atoms with Crippen LogP contribution in [0, 0.1) is 20.8 Å². The molecule has 18 nitrogen and oxygen atoms in total. The van der Waals surface area contributed by atoms with Gasteiger partial charge in [0.05, 0.1) is 54.8 Å². The van der Waals surface area contributed by atoms with E-state index in [2.05, 4.69) is 56.5 Å². The van der Waals surface area contributed by atoms with Crippen molar-refractivity contribution in [1.82, 2.24) is 29.9 Å². The monoisotopic (exact) mass is 1160 g/mol. The molecule has 5 N–H and O–H groups in total. The fourth-order valence-electron chi connectivity index (χ4n) is 7.34. The highest BCUT2D eigenvalue weighted by Crippen LogP contribution is 2.35. The molecular weight excluding hydrogens is 1090 g/mol. The molecule has 0 aliphatic carbocycles. The molecule has 0 aliphatic heterocycles. The van der Waals surface area contributed by atoms with Gasteiger partial charge in [0.15, 0.2) is 0 Å². The number of Topliss-reactive ketones (excluding diaryl/α,β-unsaturated/α-hetero) is 2. The Bertz CT molecular complexity index is 3640. The number of benzene rings is 3. The molecule has 82 heavy (non-hydrogen) atoms. The second-order valence-electron chi connectivity index (χ2n) is 20.7. The third kappa shape index (κ3) is 19.7. The van der Waals surface area contributed by atoms with Crippen LogP contribution >= 0.6 is 34.0 Å². The first kappa shape index (κ1) is 60.7. The number of carbonyl (C=O) groups excluding carboxylic acids is 4.